The van der Waals surface area contributed by atoms with Crippen molar-refractivity contribution in [1.82, 2.24) is 9.59 Å². The molecular weight excluding hydrogens is 278 g/mol. The molecule has 0 saturated heterocycles. The van der Waals surface area contributed by atoms with Gasteiger partial charge in [0.15, 0.2) is 0 Å². The lowest BCUT2D eigenvalue weighted by molar-refractivity contribution is 0.103. The summed E-state index contributed by atoms with van der Waals surface area (Å²) >= 11 is 1.06. The highest BCUT2D eigenvalue weighted by Crippen LogP contribution is 2.14. The van der Waals surface area contributed by atoms with Crippen molar-refractivity contribution in [2.75, 3.05) is 5.32 Å². The topological polar surface area (TPSA) is 113 Å². The largest absolute Gasteiger partial charge is 0.409 e. The Morgan fingerprint density at radius 1 is 1.45 bits per heavy atom. The minimum Gasteiger partial charge on any atom is -0.409 e. The van der Waals surface area contributed by atoms with Gasteiger partial charge in [0.2, 0.25) is 0 Å². The molecule has 0 fully saturated rings. The number of carbonyl (C=O) groups excluding carboxylic acids is 1. The molecule has 1 aromatic heterocycles. The van der Waals surface area contributed by atoms with E-state index in [1.165, 1.54) is 0 Å². The zero-order valence-corrected chi connectivity index (χ0v) is 11.5. The van der Waals surface area contributed by atoms with Crippen LogP contribution < -0.4 is 11.1 Å². The molecule has 0 spiro atoms. The monoisotopic (exact) mass is 291 g/mol. The summed E-state index contributed by atoms with van der Waals surface area (Å²) in [6.45, 7) is 1.73. The molecule has 0 bridgehead atoms. The highest BCUT2D eigenvalue weighted by atomic mass is 32.1. The third kappa shape index (κ3) is 3.29. The highest BCUT2D eigenvalue weighted by molar-refractivity contribution is 7.08. The molecule has 8 heteroatoms. The number of rotatable bonds is 4. The van der Waals surface area contributed by atoms with Gasteiger partial charge in [0.1, 0.15) is 10.7 Å². The average Bonchev–Trinajstić information content (AvgIpc) is 2.87. The van der Waals surface area contributed by atoms with Crippen LogP contribution in [0.1, 0.15) is 20.9 Å². The number of nitrogens with one attached hydrogen (secondary N) is 1. The number of hydrogen-bond donors (Lipinski definition) is 3. The zero-order chi connectivity index (χ0) is 14.5. The van der Waals surface area contributed by atoms with Crippen molar-refractivity contribution >= 4 is 29.0 Å². The number of amides is 1. The van der Waals surface area contributed by atoms with Crippen LogP contribution in [0.5, 0.6) is 0 Å². The Morgan fingerprint density at radius 3 is 2.70 bits per heavy atom. The van der Waals surface area contributed by atoms with E-state index in [0.717, 1.165) is 17.1 Å². The second kappa shape index (κ2) is 6.11. The fourth-order valence-corrected chi connectivity index (χ4v) is 2.13. The first-order valence-electron chi connectivity index (χ1n) is 5.76. The predicted octanol–water partition coefficient (Wildman–Crippen LogP) is 1.39. The lowest BCUT2D eigenvalue weighted by atomic mass is 10.1. The van der Waals surface area contributed by atoms with E-state index >= 15 is 0 Å². The summed E-state index contributed by atoms with van der Waals surface area (Å²) in [6, 6.07) is 7.10. The molecule has 0 aliphatic carbocycles. The number of anilines is 1. The van der Waals surface area contributed by atoms with E-state index in [2.05, 4.69) is 20.1 Å². The molecule has 2 rings (SSSR count). The summed E-state index contributed by atoms with van der Waals surface area (Å²) in [5.41, 5.74) is 7.57. The van der Waals surface area contributed by atoms with Crippen molar-refractivity contribution in [3.8, 4) is 0 Å². The molecule has 0 saturated carbocycles. The second-order valence-electron chi connectivity index (χ2n) is 4.11. The number of amidine groups is 1. The molecule has 2 aromatic rings. The van der Waals surface area contributed by atoms with Crippen LogP contribution in [0.15, 0.2) is 29.4 Å². The second-order valence-corrected chi connectivity index (χ2v) is 4.86. The van der Waals surface area contributed by atoms with Crippen molar-refractivity contribution in [1.29, 1.82) is 0 Å². The molecule has 0 atom stereocenters. The molecule has 1 aromatic carbocycles. The van der Waals surface area contributed by atoms with Gasteiger partial charge >= 0.3 is 0 Å². The van der Waals surface area contributed by atoms with Gasteiger partial charge in [0.05, 0.1) is 5.69 Å². The molecule has 7 nitrogen and oxygen atoms in total. The maximum absolute atomic E-state index is 12.0. The van der Waals surface area contributed by atoms with Gasteiger partial charge in [-0.25, -0.2) is 0 Å². The van der Waals surface area contributed by atoms with Crippen LogP contribution in [-0.2, 0) is 6.42 Å². The minimum absolute atomic E-state index is 0.133. The number of nitrogens with zero attached hydrogens (tertiary/aromatic N) is 3. The summed E-state index contributed by atoms with van der Waals surface area (Å²) in [4.78, 5) is 12.4. The van der Waals surface area contributed by atoms with E-state index in [1.807, 2.05) is 0 Å². The fourth-order valence-electron chi connectivity index (χ4n) is 1.58. The van der Waals surface area contributed by atoms with Crippen molar-refractivity contribution in [3.05, 3.63) is 40.4 Å². The van der Waals surface area contributed by atoms with Crippen LogP contribution in [0.4, 0.5) is 5.69 Å². The SMILES string of the molecule is Cc1nnsc1C(=O)Nc1ccc(CC(N)=NO)cc1. The molecule has 4 N–H and O–H groups in total. The Morgan fingerprint density at radius 2 is 2.15 bits per heavy atom. The maximum atomic E-state index is 12.0. The van der Waals surface area contributed by atoms with E-state index in [9.17, 15) is 4.79 Å². The van der Waals surface area contributed by atoms with Crippen molar-refractivity contribution in [2.24, 2.45) is 10.9 Å². The lowest BCUT2D eigenvalue weighted by Gasteiger charge is -2.05. The van der Waals surface area contributed by atoms with Gasteiger partial charge in [-0.3, -0.25) is 4.79 Å². The number of hydrogen-bond acceptors (Lipinski definition) is 6. The number of carbonyl (C=O) groups is 1. The molecule has 0 aliphatic rings. The molecule has 1 amide bonds. The van der Waals surface area contributed by atoms with Crippen LogP contribution in [0.3, 0.4) is 0 Å². The van der Waals surface area contributed by atoms with E-state index < -0.39 is 0 Å². The molecular formula is C12H13N5O2S. The molecule has 20 heavy (non-hydrogen) atoms. The smallest absolute Gasteiger partial charge is 0.269 e. The quantitative estimate of drug-likeness (QED) is 0.341. The Balaban J connectivity index is 2.04. The van der Waals surface area contributed by atoms with Gasteiger partial charge < -0.3 is 16.3 Å². The summed E-state index contributed by atoms with van der Waals surface area (Å²) in [7, 11) is 0. The van der Waals surface area contributed by atoms with Gasteiger partial charge in [-0.15, -0.1) is 5.10 Å². The van der Waals surface area contributed by atoms with Gasteiger partial charge in [-0.05, 0) is 36.2 Å². The Labute approximate surface area is 119 Å². The zero-order valence-electron chi connectivity index (χ0n) is 10.7. The number of benzene rings is 1. The number of aryl methyl sites for hydroxylation is 1. The number of oxime groups is 1. The lowest BCUT2D eigenvalue weighted by Crippen LogP contribution is -2.15. The summed E-state index contributed by atoms with van der Waals surface area (Å²) in [5.74, 6) is -0.102. The first-order valence-corrected chi connectivity index (χ1v) is 6.53. The average molecular weight is 291 g/mol. The van der Waals surface area contributed by atoms with E-state index in [1.54, 1.807) is 31.2 Å². The van der Waals surface area contributed by atoms with Crippen LogP contribution in [-0.4, -0.2) is 26.5 Å². The molecule has 0 radical (unpaired) electrons. The number of nitrogens with two attached hydrogens (primary N) is 1. The molecule has 0 aliphatic heterocycles. The van der Waals surface area contributed by atoms with Crippen molar-refractivity contribution < 1.29 is 10.0 Å². The standard InChI is InChI=1S/C12H13N5O2S/c1-7-11(20-17-15-7)12(18)14-9-4-2-8(3-5-9)6-10(13)16-19/h2-5,19H,6H2,1H3,(H2,13,16)(H,14,18). The normalized spacial score (nSPS) is 11.3. The van der Waals surface area contributed by atoms with Crippen molar-refractivity contribution in [2.45, 2.75) is 13.3 Å². The predicted molar refractivity (Wildman–Crippen MR) is 76.2 cm³/mol. The molecule has 1 heterocycles. The molecule has 0 unspecified atom stereocenters. The first-order chi connectivity index (χ1) is 9.60. The number of aromatic nitrogens is 2. The van der Waals surface area contributed by atoms with Crippen molar-refractivity contribution in [3.63, 3.8) is 0 Å². The van der Waals surface area contributed by atoms with E-state index in [4.69, 9.17) is 10.9 Å². The highest BCUT2D eigenvalue weighted by Gasteiger charge is 2.13. The van der Waals surface area contributed by atoms with Gasteiger partial charge in [0.25, 0.3) is 5.91 Å². The van der Waals surface area contributed by atoms with Gasteiger partial charge in [-0.2, -0.15) is 0 Å². The third-order valence-electron chi connectivity index (χ3n) is 2.58. The van der Waals surface area contributed by atoms with Crippen LogP contribution >= 0.6 is 11.5 Å². The maximum Gasteiger partial charge on any atom is 0.269 e. The summed E-state index contributed by atoms with van der Waals surface area (Å²) in [5, 5.41) is 18.0. The molecule has 104 valence electrons. The minimum atomic E-state index is -0.235. The van der Waals surface area contributed by atoms with E-state index in [0.29, 0.717) is 22.7 Å². The van der Waals surface area contributed by atoms with E-state index in [-0.39, 0.29) is 11.7 Å². The van der Waals surface area contributed by atoms with Crippen LogP contribution in [0.2, 0.25) is 0 Å². The van der Waals surface area contributed by atoms with Crippen LogP contribution in [0, 0.1) is 6.92 Å². The Hall–Kier alpha value is -2.48. The third-order valence-corrected chi connectivity index (χ3v) is 3.41. The van der Waals surface area contributed by atoms with Crippen LogP contribution in [0.25, 0.3) is 0 Å². The summed E-state index contributed by atoms with van der Waals surface area (Å²) in [6.07, 6.45) is 0.350. The first kappa shape index (κ1) is 13.9. The fraction of sp³-hybridized carbons (Fsp3) is 0.167. The van der Waals surface area contributed by atoms with Gasteiger partial charge in [-0.1, -0.05) is 21.8 Å². The Bertz CT molecular complexity index is 636. The Kier molecular flexibility index (Phi) is 4.26. The van der Waals surface area contributed by atoms with Gasteiger partial charge in [0, 0.05) is 12.1 Å². The summed E-state index contributed by atoms with van der Waals surface area (Å²) < 4.78 is 3.72.